The SMILES string of the molecule is O=[N+]([O-])c1cn(CCO)nc1C(F)(F)F. The van der Waals surface area contributed by atoms with Crippen molar-refractivity contribution in [2.75, 3.05) is 6.61 Å². The van der Waals surface area contributed by atoms with Crippen LogP contribution in [0, 0.1) is 10.1 Å². The van der Waals surface area contributed by atoms with E-state index in [4.69, 9.17) is 5.11 Å². The molecule has 0 saturated heterocycles. The van der Waals surface area contributed by atoms with Crippen LogP contribution < -0.4 is 0 Å². The van der Waals surface area contributed by atoms with E-state index in [2.05, 4.69) is 5.10 Å². The van der Waals surface area contributed by atoms with Gasteiger partial charge in [-0.05, 0) is 0 Å². The predicted octanol–water partition coefficient (Wildman–Crippen LogP) is 0.802. The van der Waals surface area contributed by atoms with Gasteiger partial charge in [-0.3, -0.25) is 14.8 Å². The third-order valence-corrected chi connectivity index (χ3v) is 1.54. The lowest BCUT2D eigenvalue weighted by Crippen LogP contribution is -2.10. The predicted molar refractivity (Wildman–Crippen MR) is 41.0 cm³/mol. The Morgan fingerprint density at radius 1 is 1.60 bits per heavy atom. The van der Waals surface area contributed by atoms with E-state index in [9.17, 15) is 23.3 Å². The third-order valence-electron chi connectivity index (χ3n) is 1.54. The van der Waals surface area contributed by atoms with Gasteiger partial charge in [-0.15, -0.1) is 0 Å². The molecule has 0 radical (unpaired) electrons. The minimum atomic E-state index is -4.87. The van der Waals surface area contributed by atoms with Gasteiger partial charge in [0.2, 0.25) is 5.69 Å². The van der Waals surface area contributed by atoms with Gasteiger partial charge < -0.3 is 5.11 Å². The molecule has 0 bridgehead atoms. The molecule has 0 aromatic carbocycles. The van der Waals surface area contributed by atoms with Gasteiger partial charge in [0.25, 0.3) is 0 Å². The minimum absolute atomic E-state index is 0.225. The number of aliphatic hydroxyl groups excluding tert-OH is 1. The summed E-state index contributed by atoms with van der Waals surface area (Å²) in [4.78, 5) is 9.11. The second-order valence-corrected chi connectivity index (χ2v) is 2.60. The molecule has 1 heterocycles. The third kappa shape index (κ3) is 2.43. The van der Waals surface area contributed by atoms with Gasteiger partial charge in [0, 0.05) is 0 Å². The second-order valence-electron chi connectivity index (χ2n) is 2.60. The molecule has 9 heteroatoms. The lowest BCUT2D eigenvalue weighted by molar-refractivity contribution is -0.388. The quantitative estimate of drug-likeness (QED) is 0.609. The molecule has 0 fully saturated rings. The Kier molecular flexibility index (Phi) is 2.93. The Hall–Kier alpha value is -1.64. The molecule has 0 spiro atoms. The summed E-state index contributed by atoms with van der Waals surface area (Å²) in [5.74, 6) is 0. The van der Waals surface area contributed by atoms with E-state index in [1.807, 2.05) is 0 Å². The second kappa shape index (κ2) is 3.85. The first-order valence-corrected chi connectivity index (χ1v) is 3.76. The summed E-state index contributed by atoms with van der Waals surface area (Å²) < 4.78 is 37.3. The summed E-state index contributed by atoms with van der Waals surface area (Å²) in [7, 11) is 0. The molecular formula is C6H6F3N3O3. The highest BCUT2D eigenvalue weighted by Gasteiger charge is 2.42. The molecule has 0 aliphatic rings. The van der Waals surface area contributed by atoms with Crippen LogP contribution in [0.1, 0.15) is 5.69 Å². The van der Waals surface area contributed by atoms with Crippen LogP contribution in [0.3, 0.4) is 0 Å². The highest BCUT2D eigenvalue weighted by molar-refractivity contribution is 5.34. The molecule has 1 aromatic heterocycles. The van der Waals surface area contributed by atoms with E-state index in [0.29, 0.717) is 10.9 Å². The number of rotatable bonds is 3. The molecule has 0 atom stereocenters. The van der Waals surface area contributed by atoms with E-state index >= 15 is 0 Å². The fourth-order valence-corrected chi connectivity index (χ4v) is 0.963. The molecule has 84 valence electrons. The fourth-order valence-electron chi connectivity index (χ4n) is 0.963. The molecular weight excluding hydrogens is 219 g/mol. The van der Waals surface area contributed by atoms with E-state index in [-0.39, 0.29) is 6.54 Å². The molecule has 0 aliphatic carbocycles. The summed E-state index contributed by atoms with van der Waals surface area (Å²) in [6.07, 6.45) is -4.23. The number of hydrogen-bond acceptors (Lipinski definition) is 4. The number of aromatic nitrogens is 2. The maximum Gasteiger partial charge on any atom is 0.442 e. The summed E-state index contributed by atoms with van der Waals surface area (Å²) in [5, 5.41) is 21.7. The van der Waals surface area contributed by atoms with Gasteiger partial charge in [-0.1, -0.05) is 0 Å². The van der Waals surface area contributed by atoms with Gasteiger partial charge in [-0.25, -0.2) is 0 Å². The van der Waals surface area contributed by atoms with Crippen LogP contribution in [0.15, 0.2) is 6.20 Å². The number of alkyl halides is 3. The molecule has 6 nitrogen and oxygen atoms in total. The van der Waals surface area contributed by atoms with Crippen LogP contribution in [0.25, 0.3) is 0 Å². The summed E-state index contributed by atoms with van der Waals surface area (Å²) in [6, 6.07) is 0. The highest BCUT2D eigenvalue weighted by atomic mass is 19.4. The van der Waals surface area contributed by atoms with Crippen molar-refractivity contribution in [2.45, 2.75) is 12.7 Å². The number of aliphatic hydroxyl groups is 1. The minimum Gasteiger partial charge on any atom is -0.394 e. The van der Waals surface area contributed by atoms with Gasteiger partial charge in [0.05, 0.1) is 18.1 Å². The van der Waals surface area contributed by atoms with Crippen molar-refractivity contribution in [1.82, 2.24) is 9.78 Å². The molecule has 1 N–H and O–H groups in total. The van der Waals surface area contributed by atoms with E-state index < -0.39 is 29.1 Å². The summed E-state index contributed by atoms with van der Waals surface area (Å²) in [5.41, 5.74) is -2.67. The van der Waals surface area contributed by atoms with Gasteiger partial charge in [0.1, 0.15) is 6.20 Å². The zero-order valence-electron chi connectivity index (χ0n) is 7.23. The van der Waals surface area contributed by atoms with Gasteiger partial charge in [-0.2, -0.15) is 18.3 Å². The van der Waals surface area contributed by atoms with Crippen molar-refractivity contribution >= 4 is 5.69 Å². The Morgan fingerprint density at radius 3 is 2.53 bits per heavy atom. The first-order valence-electron chi connectivity index (χ1n) is 3.76. The Balaban J connectivity index is 3.18. The summed E-state index contributed by atoms with van der Waals surface area (Å²) in [6.45, 7) is -0.674. The maximum absolute atomic E-state index is 12.2. The van der Waals surface area contributed by atoms with Crippen LogP contribution in [0.2, 0.25) is 0 Å². The van der Waals surface area contributed by atoms with E-state index in [1.165, 1.54) is 0 Å². The van der Waals surface area contributed by atoms with Crippen LogP contribution in [0.4, 0.5) is 18.9 Å². The van der Waals surface area contributed by atoms with Crippen LogP contribution in [-0.2, 0) is 12.7 Å². The molecule has 0 unspecified atom stereocenters. The van der Waals surface area contributed by atoms with Crippen LogP contribution in [-0.4, -0.2) is 26.4 Å². The van der Waals surface area contributed by atoms with E-state index in [0.717, 1.165) is 0 Å². The van der Waals surface area contributed by atoms with Crippen LogP contribution >= 0.6 is 0 Å². The zero-order chi connectivity index (χ0) is 11.6. The lowest BCUT2D eigenvalue weighted by Gasteiger charge is -2.00. The standard InChI is InChI=1S/C6H6F3N3O3/c7-6(8,9)5-4(12(14)15)3-11(10-5)1-2-13/h3,13H,1-2H2. The Labute approximate surface area is 81.1 Å². The van der Waals surface area contributed by atoms with Crippen molar-refractivity contribution in [2.24, 2.45) is 0 Å². The average Bonchev–Trinajstić information content (AvgIpc) is 2.48. The van der Waals surface area contributed by atoms with Crippen molar-refractivity contribution in [1.29, 1.82) is 0 Å². The first-order chi connectivity index (χ1) is 6.86. The zero-order valence-corrected chi connectivity index (χ0v) is 7.23. The Bertz CT molecular complexity index is 373. The molecule has 1 aromatic rings. The molecule has 0 amide bonds. The monoisotopic (exact) mass is 225 g/mol. The Morgan fingerprint density at radius 2 is 2.20 bits per heavy atom. The van der Waals surface area contributed by atoms with Gasteiger partial charge in [0.15, 0.2) is 0 Å². The van der Waals surface area contributed by atoms with Crippen molar-refractivity contribution in [3.05, 3.63) is 22.0 Å². The number of nitro groups is 1. The topological polar surface area (TPSA) is 81.2 Å². The first kappa shape index (κ1) is 11.4. The molecule has 15 heavy (non-hydrogen) atoms. The molecule has 1 rings (SSSR count). The lowest BCUT2D eigenvalue weighted by atomic mass is 10.4. The van der Waals surface area contributed by atoms with Crippen LogP contribution in [0.5, 0.6) is 0 Å². The number of hydrogen-bond donors (Lipinski definition) is 1. The normalized spacial score (nSPS) is 11.7. The average molecular weight is 225 g/mol. The fraction of sp³-hybridized carbons (Fsp3) is 0.500. The smallest absolute Gasteiger partial charge is 0.394 e. The van der Waals surface area contributed by atoms with Crippen molar-refractivity contribution in [3.8, 4) is 0 Å². The van der Waals surface area contributed by atoms with E-state index in [1.54, 1.807) is 0 Å². The number of halogens is 3. The molecule has 0 saturated carbocycles. The number of nitrogens with zero attached hydrogens (tertiary/aromatic N) is 3. The largest absolute Gasteiger partial charge is 0.442 e. The highest BCUT2D eigenvalue weighted by Crippen LogP contribution is 2.34. The molecule has 0 aliphatic heterocycles. The van der Waals surface area contributed by atoms with Gasteiger partial charge >= 0.3 is 11.9 Å². The van der Waals surface area contributed by atoms with Crippen molar-refractivity contribution < 1.29 is 23.2 Å². The maximum atomic E-state index is 12.2. The van der Waals surface area contributed by atoms with Crippen molar-refractivity contribution in [3.63, 3.8) is 0 Å². The summed E-state index contributed by atoms with van der Waals surface area (Å²) >= 11 is 0.